The Kier molecular flexibility index (Phi) is 3.78. The van der Waals surface area contributed by atoms with Crippen LogP contribution < -0.4 is 4.74 Å². The summed E-state index contributed by atoms with van der Waals surface area (Å²) in [5.74, 6) is 1.65. The molecule has 0 saturated carbocycles. The smallest absolute Gasteiger partial charge is 0.272 e. The summed E-state index contributed by atoms with van der Waals surface area (Å²) in [5, 5.41) is 6.57. The number of benzene rings is 1. The molecule has 0 radical (unpaired) electrons. The van der Waals surface area contributed by atoms with E-state index in [1.54, 1.807) is 19.2 Å². The van der Waals surface area contributed by atoms with Crippen molar-refractivity contribution in [2.45, 2.75) is 0 Å². The first-order valence-electron chi connectivity index (χ1n) is 5.60. The number of methoxy groups -OCH3 is 1. The van der Waals surface area contributed by atoms with Gasteiger partial charge in [0.1, 0.15) is 4.88 Å². The van der Waals surface area contributed by atoms with Gasteiger partial charge in [-0.2, -0.15) is 4.98 Å². The van der Waals surface area contributed by atoms with Crippen molar-refractivity contribution in [1.82, 2.24) is 10.1 Å². The molecular formula is C13H8BrClN2O2S. The van der Waals surface area contributed by atoms with Crippen LogP contribution in [0, 0.1) is 0 Å². The standard InChI is InChI=1S/C13H8BrClN2O2S/c1-18-10-9(14)6-20-11(10)13-16-12(17-19-13)7-2-4-8(15)5-3-7/h2-6H,1H3. The molecule has 20 heavy (non-hydrogen) atoms. The van der Waals surface area contributed by atoms with Gasteiger partial charge in [-0.3, -0.25) is 0 Å². The minimum atomic E-state index is 0.433. The normalized spacial score (nSPS) is 10.8. The van der Waals surface area contributed by atoms with Gasteiger partial charge in [0.15, 0.2) is 5.75 Å². The molecule has 3 rings (SSSR count). The molecule has 0 atom stereocenters. The second-order valence-electron chi connectivity index (χ2n) is 3.88. The zero-order valence-electron chi connectivity index (χ0n) is 10.3. The first kappa shape index (κ1) is 13.6. The van der Waals surface area contributed by atoms with Crippen LogP contribution in [0.2, 0.25) is 5.02 Å². The topological polar surface area (TPSA) is 48.2 Å². The van der Waals surface area contributed by atoms with E-state index >= 15 is 0 Å². The molecule has 102 valence electrons. The molecule has 0 N–H and O–H groups in total. The van der Waals surface area contributed by atoms with Crippen molar-refractivity contribution in [3.8, 4) is 27.9 Å². The van der Waals surface area contributed by atoms with Gasteiger partial charge < -0.3 is 9.26 Å². The lowest BCUT2D eigenvalue weighted by Gasteiger charge is -1.98. The zero-order chi connectivity index (χ0) is 14.1. The fourth-order valence-electron chi connectivity index (χ4n) is 1.70. The van der Waals surface area contributed by atoms with E-state index in [9.17, 15) is 0 Å². The maximum absolute atomic E-state index is 5.86. The number of thiophene rings is 1. The van der Waals surface area contributed by atoms with E-state index < -0.39 is 0 Å². The minimum absolute atomic E-state index is 0.433. The van der Waals surface area contributed by atoms with E-state index in [4.69, 9.17) is 20.9 Å². The Morgan fingerprint density at radius 2 is 2.05 bits per heavy atom. The molecule has 0 aliphatic carbocycles. The van der Waals surface area contributed by atoms with E-state index in [0.29, 0.717) is 22.5 Å². The lowest BCUT2D eigenvalue weighted by Crippen LogP contribution is -1.84. The number of rotatable bonds is 3. The van der Waals surface area contributed by atoms with E-state index in [1.165, 1.54) is 11.3 Å². The quantitative estimate of drug-likeness (QED) is 0.657. The molecule has 0 bridgehead atoms. The molecule has 4 nitrogen and oxygen atoms in total. The Morgan fingerprint density at radius 1 is 1.30 bits per heavy atom. The summed E-state index contributed by atoms with van der Waals surface area (Å²) in [6, 6.07) is 7.27. The summed E-state index contributed by atoms with van der Waals surface area (Å²) < 4.78 is 11.5. The van der Waals surface area contributed by atoms with Crippen LogP contribution in [0.25, 0.3) is 22.2 Å². The third kappa shape index (κ3) is 2.46. The van der Waals surface area contributed by atoms with E-state index in [1.807, 2.05) is 17.5 Å². The summed E-state index contributed by atoms with van der Waals surface area (Å²) in [6.07, 6.45) is 0. The molecule has 3 aromatic rings. The van der Waals surface area contributed by atoms with Crippen molar-refractivity contribution in [1.29, 1.82) is 0 Å². The van der Waals surface area contributed by atoms with Crippen LogP contribution in [-0.4, -0.2) is 17.3 Å². The predicted molar refractivity (Wildman–Crippen MR) is 82.3 cm³/mol. The molecule has 0 saturated heterocycles. The average molecular weight is 372 g/mol. The Morgan fingerprint density at radius 3 is 2.75 bits per heavy atom. The fraction of sp³-hybridized carbons (Fsp3) is 0.0769. The minimum Gasteiger partial charge on any atom is -0.494 e. The monoisotopic (exact) mass is 370 g/mol. The van der Waals surface area contributed by atoms with E-state index in [-0.39, 0.29) is 0 Å². The number of halogens is 2. The van der Waals surface area contributed by atoms with Gasteiger partial charge in [-0.1, -0.05) is 16.8 Å². The second-order valence-corrected chi connectivity index (χ2v) is 6.05. The van der Waals surface area contributed by atoms with Gasteiger partial charge in [0.25, 0.3) is 5.89 Å². The van der Waals surface area contributed by atoms with Crippen molar-refractivity contribution in [2.24, 2.45) is 0 Å². The van der Waals surface area contributed by atoms with Crippen LogP contribution in [0.3, 0.4) is 0 Å². The first-order valence-corrected chi connectivity index (χ1v) is 7.65. The van der Waals surface area contributed by atoms with Crippen molar-refractivity contribution in [2.75, 3.05) is 7.11 Å². The first-order chi connectivity index (χ1) is 9.69. The number of nitrogens with zero attached hydrogens (tertiary/aromatic N) is 2. The van der Waals surface area contributed by atoms with Gasteiger partial charge >= 0.3 is 0 Å². The summed E-state index contributed by atoms with van der Waals surface area (Å²) in [6.45, 7) is 0. The summed E-state index contributed by atoms with van der Waals surface area (Å²) in [7, 11) is 1.60. The number of aromatic nitrogens is 2. The molecule has 0 unspecified atom stereocenters. The predicted octanol–water partition coefficient (Wildman–Crippen LogP) is 4.89. The summed E-state index contributed by atoms with van der Waals surface area (Å²) in [5.41, 5.74) is 0.846. The van der Waals surface area contributed by atoms with Gasteiger partial charge in [-0.25, -0.2) is 0 Å². The van der Waals surface area contributed by atoms with Gasteiger partial charge in [-0.15, -0.1) is 11.3 Å². The van der Waals surface area contributed by atoms with Gasteiger partial charge in [0.05, 0.1) is 11.6 Å². The van der Waals surface area contributed by atoms with Gasteiger partial charge in [-0.05, 0) is 40.2 Å². The van der Waals surface area contributed by atoms with Crippen molar-refractivity contribution >= 4 is 38.9 Å². The van der Waals surface area contributed by atoms with Crippen LogP contribution in [0.4, 0.5) is 0 Å². The van der Waals surface area contributed by atoms with Crippen LogP contribution >= 0.6 is 38.9 Å². The highest BCUT2D eigenvalue weighted by atomic mass is 79.9. The third-order valence-corrected chi connectivity index (χ3v) is 4.72. The molecule has 0 amide bonds. The fourth-order valence-corrected chi connectivity index (χ4v) is 3.41. The van der Waals surface area contributed by atoms with Gasteiger partial charge in [0.2, 0.25) is 5.82 Å². The molecule has 7 heteroatoms. The highest BCUT2D eigenvalue weighted by Crippen LogP contribution is 2.41. The average Bonchev–Trinajstić information content (AvgIpc) is 3.06. The molecule has 1 aromatic carbocycles. The van der Waals surface area contributed by atoms with Crippen LogP contribution in [0.15, 0.2) is 38.6 Å². The van der Waals surface area contributed by atoms with Crippen LogP contribution in [-0.2, 0) is 0 Å². The molecule has 0 fully saturated rings. The Balaban J connectivity index is 1.99. The largest absolute Gasteiger partial charge is 0.494 e. The highest BCUT2D eigenvalue weighted by Gasteiger charge is 2.19. The molecule has 0 aliphatic rings. The van der Waals surface area contributed by atoms with E-state index in [0.717, 1.165) is 14.9 Å². The van der Waals surface area contributed by atoms with Crippen LogP contribution in [0.1, 0.15) is 0 Å². The third-order valence-electron chi connectivity index (χ3n) is 2.63. The Bertz CT molecular complexity index is 739. The van der Waals surface area contributed by atoms with Crippen molar-refractivity contribution in [3.63, 3.8) is 0 Å². The Hall–Kier alpha value is -1.37. The lowest BCUT2D eigenvalue weighted by molar-refractivity contribution is 0.406. The summed E-state index contributed by atoms with van der Waals surface area (Å²) >= 11 is 10.7. The summed E-state index contributed by atoms with van der Waals surface area (Å²) in [4.78, 5) is 5.19. The molecular weight excluding hydrogens is 364 g/mol. The lowest BCUT2D eigenvalue weighted by atomic mass is 10.2. The molecule has 0 spiro atoms. The maximum Gasteiger partial charge on any atom is 0.272 e. The number of hydrogen-bond donors (Lipinski definition) is 0. The van der Waals surface area contributed by atoms with Crippen molar-refractivity contribution < 1.29 is 9.26 Å². The molecule has 2 aromatic heterocycles. The molecule has 2 heterocycles. The van der Waals surface area contributed by atoms with Crippen molar-refractivity contribution in [3.05, 3.63) is 39.1 Å². The zero-order valence-corrected chi connectivity index (χ0v) is 13.4. The van der Waals surface area contributed by atoms with Gasteiger partial charge in [0, 0.05) is 16.0 Å². The van der Waals surface area contributed by atoms with E-state index in [2.05, 4.69) is 26.1 Å². The highest BCUT2D eigenvalue weighted by molar-refractivity contribution is 9.10. The molecule has 0 aliphatic heterocycles. The number of hydrogen-bond acceptors (Lipinski definition) is 5. The maximum atomic E-state index is 5.86. The second kappa shape index (κ2) is 5.55. The SMILES string of the molecule is COc1c(Br)csc1-c1nc(-c2ccc(Cl)cc2)no1. The number of ether oxygens (including phenoxy) is 1. The van der Waals surface area contributed by atoms with Crippen LogP contribution in [0.5, 0.6) is 5.75 Å². The Labute approximate surface area is 132 Å².